The molecular weight excluding hydrogens is 472 g/mol. The molecule has 11 heteroatoms. The number of likely N-dealkylation sites (tertiary alicyclic amines) is 1. The summed E-state index contributed by atoms with van der Waals surface area (Å²) in [5.74, 6) is -0.189. The Morgan fingerprint density at radius 2 is 1.89 bits per heavy atom. The van der Waals surface area contributed by atoms with Crippen LogP contribution in [0.2, 0.25) is 0 Å². The van der Waals surface area contributed by atoms with Crippen LogP contribution in [0.4, 0.5) is 11.5 Å². The van der Waals surface area contributed by atoms with Gasteiger partial charge >= 0.3 is 0 Å². The molecule has 1 aromatic heterocycles. The van der Waals surface area contributed by atoms with E-state index in [-0.39, 0.29) is 52.7 Å². The summed E-state index contributed by atoms with van der Waals surface area (Å²) in [4.78, 5) is 39.7. The Bertz CT molecular complexity index is 1270. The molecule has 2 aromatic rings. The number of hydrogen-bond donors (Lipinski definition) is 2. The minimum atomic E-state index is -3.85. The van der Waals surface area contributed by atoms with Crippen molar-refractivity contribution < 1.29 is 27.3 Å². The number of hydrogen-bond acceptors (Lipinski definition) is 7. The van der Waals surface area contributed by atoms with Crippen molar-refractivity contribution in [2.24, 2.45) is 16.7 Å². The van der Waals surface area contributed by atoms with Gasteiger partial charge in [-0.1, -0.05) is 25.9 Å². The number of nitrogens with one attached hydrogen (secondary N) is 2. The maximum absolute atomic E-state index is 13.1. The Labute approximate surface area is 204 Å². The molecule has 0 spiro atoms. The summed E-state index contributed by atoms with van der Waals surface area (Å²) in [6.45, 7) is 7.78. The first-order valence-corrected chi connectivity index (χ1v) is 13.1. The summed E-state index contributed by atoms with van der Waals surface area (Å²) in [6.07, 6.45) is 1.88. The number of anilines is 2. The van der Waals surface area contributed by atoms with Crippen molar-refractivity contribution in [2.45, 2.75) is 58.3 Å². The predicted molar refractivity (Wildman–Crippen MR) is 128 cm³/mol. The van der Waals surface area contributed by atoms with Gasteiger partial charge in [0.1, 0.15) is 5.76 Å². The van der Waals surface area contributed by atoms with Gasteiger partial charge in [-0.15, -0.1) is 0 Å². The lowest BCUT2D eigenvalue weighted by Gasteiger charge is -2.47. The molecule has 10 nitrogen and oxygen atoms in total. The molecule has 3 amide bonds. The molecule has 2 bridgehead atoms. The first kappa shape index (κ1) is 24.9. The highest BCUT2D eigenvalue weighted by molar-refractivity contribution is 7.92. The van der Waals surface area contributed by atoms with Gasteiger partial charge in [0.25, 0.3) is 10.0 Å². The first-order valence-electron chi connectivity index (χ1n) is 11.6. The topological polar surface area (TPSA) is 139 Å². The fourth-order valence-electron chi connectivity index (χ4n) is 5.06. The molecule has 2 N–H and O–H groups in total. The van der Waals surface area contributed by atoms with Gasteiger partial charge in [0.15, 0.2) is 5.82 Å². The van der Waals surface area contributed by atoms with E-state index in [1.807, 2.05) is 20.8 Å². The number of carbonyl (C=O) groups is 3. The van der Waals surface area contributed by atoms with E-state index < -0.39 is 15.4 Å². The zero-order valence-corrected chi connectivity index (χ0v) is 21.1. The smallest absolute Gasteiger partial charge is 0.263 e. The van der Waals surface area contributed by atoms with Crippen LogP contribution in [-0.4, -0.2) is 42.7 Å². The van der Waals surface area contributed by atoms with E-state index >= 15 is 0 Å². The summed E-state index contributed by atoms with van der Waals surface area (Å²) in [5, 5.41) is 6.32. The van der Waals surface area contributed by atoms with E-state index in [0.29, 0.717) is 30.7 Å². The molecule has 2 heterocycles. The third-order valence-corrected chi connectivity index (χ3v) is 8.98. The average Bonchev–Trinajstić information content (AvgIpc) is 3.26. The number of aryl methyl sites for hydroxylation is 1. The quantitative estimate of drug-likeness (QED) is 0.528. The third kappa shape index (κ3) is 4.44. The van der Waals surface area contributed by atoms with Gasteiger partial charge in [0, 0.05) is 30.6 Å². The SMILES string of the molecule is Cc1cc(NS(=O)(=O)c2ccc(NC(=O)CCCN3C(=O)C4CCC(C)(C3=O)C4(C)C)cc2)no1. The highest BCUT2D eigenvalue weighted by atomic mass is 32.2. The largest absolute Gasteiger partial charge is 0.360 e. The van der Waals surface area contributed by atoms with Crippen LogP contribution in [-0.2, 0) is 24.4 Å². The van der Waals surface area contributed by atoms with E-state index in [1.165, 1.54) is 35.2 Å². The van der Waals surface area contributed by atoms with Crippen LogP contribution in [0.5, 0.6) is 0 Å². The minimum absolute atomic E-state index is 0.00400. The monoisotopic (exact) mass is 502 g/mol. The number of fused-ring (bicyclic) bond motifs is 2. The van der Waals surface area contributed by atoms with Crippen LogP contribution < -0.4 is 10.0 Å². The number of amides is 3. The van der Waals surface area contributed by atoms with Crippen LogP contribution in [0.15, 0.2) is 39.8 Å². The summed E-state index contributed by atoms with van der Waals surface area (Å²) in [7, 11) is -3.85. The van der Waals surface area contributed by atoms with Crippen LogP contribution >= 0.6 is 0 Å². The van der Waals surface area contributed by atoms with Crippen molar-refractivity contribution in [3.63, 3.8) is 0 Å². The van der Waals surface area contributed by atoms with Crippen molar-refractivity contribution in [1.29, 1.82) is 0 Å². The molecule has 1 saturated heterocycles. The molecule has 0 radical (unpaired) electrons. The summed E-state index contributed by atoms with van der Waals surface area (Å²) >= 11 is 0. The second-order valence-electron chi connectivity index (χ2n) is 10.0. The van der Waals surface area contributed by atoms with Crippen molar-refractivity contribution in [3.05, 3.63) is 36.1 Å². The molecule has 4 rings (SSSR count). The van der Waals surface area contributed by atoms with E-state index in [2.05, 4.69) is 15.2 Å². The minimum Gasteiger partial charge on any atom is -0.360 e. The lowest BCUT2D eigenvalue weighted by atomic mass is 9.62. The number of aromatic nitrogens is 1. The van der Waals surface area contributed by atoms with Gasteiger partial charge in [0.2, 0.25) is 17.7 Å². The summed E-state index contributed by atoms with van der Waals surface area (Å²) in [6, 6.07) is 7.17. The highest BCUT2D eigenvalue weighted by Gasteiger charge is 2.64. The molecule has 1 aromatic carbocycles. The number of carbonyl (C=O) groups excluding carboxylic acids is 3. The Morgan fingerprint density at radius 1 is 1.20 bits per heavy atom. The average molecular weight is 503 g/mol. The molecular formula is C24H30N4O6S. The van der Waals surface area contributed by atoms with Crippen LogP contribution in [0.3, 0.4) is 0 Å². The van der Waals surface area contributed by atoms with Crippen LogP contribution in [0, 0.1) is 23.7 Å². The molecule has 2 fully saturated rings. The maximum Gasteiger partial charge on any atom is 0.263 e. The lowest BCUT2D eigenvalue weighted by Crippen LogP contribution is -2.59. The van der Waals surface area contributed by atoms with E-state index in [4.69, 9.17) is 4.52 Å². The Kier molecular flexibility index (Phi) is 6.25. The normalized spacial score (nSPS) is 23.4. The number of sulfonamides is 1. The van der Waals surface area contributed by atoms with Gasteiger partial charge in [-0.25, -0.2) is 8.42 Å². The van der Waals surface area contributed by atoms with Gasteiger partial charge in [-0.3, -0.25) is 24.0 Å². The van der Waals surface area contributed by atoms with Crippen molar-refractivity contribution in [3.8, 4) is 0 Å². The van der Waals surface area contributed by atoms with Crippen LogP contribution in [0.25, 0.3) is 0 Å². The predicted octanol–water partition coefficient (Wildman–Crippen LogP) is 3.31. The fraction of sp³-hybridized carbons (Fsp3) is 0.500. The zero-order chi connectivity index (χ0) is 25.6. The van der Waals surface area contributed by atoms with Crippen molar-refractivity contribution in [1.82, 2.24) is 10.1 Å². The van der Waals surface area contributed by atoms with Crippen LogP contribution in [0.1, 0.15) is 52.2 Å². The number of piperidine rings is 1. The molecule has 188 valence electrons. The van der Waals surface area contributed by atoms with E-state index in [0.717, 1.165) is 0 Å². The Balaban J connectivity index is 1.30. The Morgan fingerprint density at radius 3 is 2.51 bits per heavy atom. The molecule has 1 saturated carbocycles. The first-order chi connectivity index (χ1) is 16.3. The highest BCUT2D eigenvalue weighted by Crippen LogP contribution is 2.60. The fourth-order valence-corrected chi connectivity index (χ4v) is 6.05. The van der Waals surface area contributed by atoms with Crippen molar-refractivity contribution >= 4 is 39.3 Å². The van der Waals surface area contributed by atoms with Gasteiger partial charge in [-0.2, -0.15) is 0 Å². The lowest BCUT2D eigenvalue weighted by molar-refractivity contribution is -0.168. The van der Waals surface area contributed by atoms with Gasteiger partial charge in [-0.05, 0) is 55.9 Å². The van der Waals surface area contributed by atoms with E-state index in [9.17, 15) is 22.8 Å². The third-order valence-electron chi connectivity index (χ3n) is 7.61. The van der Waals surface area contributed by atoms with Gasteiger partial charge < -0.3 is 9.84 Å². The van der Waals surface area contributed by atoms with Crippen molar-refractivity contribution in [2.75, 3.05) is 16.6 Å². The number of rotatable bonds is 8. The number of imide groups is 1. The van der Waals surface area contributed by atoms with E-state index in [1.54, 1.807) is 6.92 Å². The number of nitrogens with zero attached hydrogens (tertiary/aromatic N) is 2. The number of benzene rings is 1. The Hall–Kier alpha value is -3.21. The zero-order valence-electron chi connectivity index (χ0n) is 20.3. The molecule has 2 atom stereocenters. The molecule has 2 unspecified atom stereocenters. The second kappa shape index (κ2) is 8.78. The molecule has 1 aliphatic carbocycles. The maximum atomic E-state index is 13.1. The molecule has 35 heavy (non-hydrogen) atoms. The summed E-state index contributed by atoms with van der Waals surface area (Å²) < 4.78 is 32.1. The molecule has 1 aliphatic heterocycles. The molecule has 2 aliphatic rings. The standard InChI is InChI=1S/C24H30N4O6S/c1-15-14-19(26-34-15)27-35(32,33)17-9-7-16(8-10-17)25-20(29)6-5-13-28-21(30)18-11-12-24(4,22(28)31)23(18,2)3/h7-10,14,18H,5-6,11-13H2,1-4H3,(H,25,29)(H,26,27). The summed E-state index contributed by atoms with van der Waals surface area (Å²) in [5.41, 5.74) is -0.487. The second-order valence-corrected chi connectivity index (χ2v) is 11.7. The van der Waals surface area contributed by atoms with Gasteiger partial charge in [0.05, 0.1) is 10.3 Å².